The van der Waals surface area contributed by atoms with Gasteiger partial charge in [-0.15, -0.1) is 0 Å². The lowest BCUT2D eigenvalue weighted by molar-refractivity contribution is 0.186. The molecule has 1 aliphatic rings. The van der Waals surface area contributed by atoms with Crippen LogP contribution in [0.25, 0.3) is 11.0 Å². The highest BCUT2D eigenvalue weighted by molar-refractivity contribution is 5.76. The van der Waals surface area contributed by atoms with Gasteiger partial charge in [-0.25, -0.2) is 4.98 Å². The normalized spacial score (nSPS) is 23.3. The van der Waals surface area contributed by atoms with Gasteiger partial charge >= 0.3 is 0 Å². The molecule has 4 heteroatoms. The van der Waals surface area contributed by atoms with Gasteiger partial charge < -0.3 is 14.6 Å². The number of aromatic nitrogens is 2. The fraction of sp³-hybridized carbons (Fsp3) is 0.533. The van der Waals surface area contributed by atoms with Crippen molar-refractivity contribution in [3.05, 3.63) is 30.1 Å². The molecule has 2 heterocycles. The van der Waals surface area contributed by atoms with Crippen LogP contribution in [0.5, 0.6) is 0 Å². The van der Waals surface area contributed by atoms with Crippen molar-refractivity contribution in [2.24, 2.45) is 5.92 Å². The van der Waals surface area contributed by atoms with Crippen molar-refractivity contribution in [3.63, 3.8) is 0 Å². The van der Waals surface area contributed by atoms with Gasteiger partial charge in [-0.3, -0.25) is 0 Å². The third-order valence-electron chi connectivity index (χ3n) is 4.05. The molecular weight excluding hydrogens is 238 g/mol. The molecule has 102 valence electrons. The Balaban J connectivity index is 2.06. The van der Waals surface area contributed by atoms with E-state index in [1.165, 1.54) is 11.3 Å². The van der Waals surface area contributed by atoms with Gasteiger partial charge in [-0.2, -0.15) is 0 Å². The Kier molecular flexibility index (Phi) is 3.53. The molecule has 3 rings (SSSR count). The van der Waals surface area contributed by atoms with Crippen LogP contribution in [0.15, 0.2) is 24.3 Å². The summed E-state index contributed by atoms with van der Waals surface area (Å²) >= 11 is 0. The van der Waals surface area contributed by atoms with Crippen molar-refractivity contribution in [3.8, 4) is 0 Å². The van der Waals surface area contributed by atoms with Crippen LogP contribution in [-0.4, -0.2) is 36.4 Å². The fourth-order valence-electron chi connectivity index (χ4n) is 2.95. The van der Waals surface area contributed by atoms with E-state index in [0.29, 0.717) is 11.8 Å². The molecule has 0 unspecified atom stereocenters. The number of hydrogen-bond donors (Lipinski definition) is 1. The molecule has 1 aliphatic heterocycles. The molecule has 0 amide bonds. The van der Waals surface area contributed by atoms with E-state index in [1.54, 1.807) is 7.11 Å². The van der Waals surface area contributed by atoms with Crippen LogP contribution in [0.3, 0.4) is 0 Å². The Labute approximate surface area is 113 Å². The lowest BCUT2D eigenvalue weighted by Crippen LogP contribution is -2.16. The van der Waals surface area contributed by atoms with E-state index in [2.05, 4.69) is 41.1 Å². The molecule has 2 atom stereocenters. The van der Waals surface area contributed by atoms with Crippen LogP contribution in [0, 0.1) is 5.92 Å². The number of imidazole rings is 1. The molecule has 0 radical (unpaired) electrons. The zero-order chi connectivity index (χ0) is 13.2. The summed E-state index contributed by atoms with van der Waals surface area (Å²) in [4.78, 5) is 4.87. The summed E-state index contributed by atoms with van der Waals surface area (Å²) in [6, 6.07) is 8.37. The van der Waals surface area contributed by atoms with Crippen LogP contribution >= 0.6 is 0 Å². The second-order valence-corrected chi connectivity index (χ2v) is 5.35. The number of fused-ring (bicyclic) bond motifs is 1. The first-order chi connectivity index (χ1) is 9.31. The molecule has 1 saturated heterocycles. The van der Waals surface area contributed by atoms with Gasteiger partial charge in [0.1, 0.15) is 5.82 Å². The number of methoxy groups -OCH3 is 1. The molecule has 2 aromatic rings. The Hall–Kier alpha value is -1.39. The minimum Gasteiger partial charge on any atom is -0.383 e. The van der Waals surface area contributed by atoms with E-state index >= 15 is 0 Å². The third-order valence-corrected chi connectivity index (χ3v) is 4.05. The van der Waals surface area contributed by atoms with Crippen LogP contribution in [0.1, 0.15) is 18.7 Å². The maximum Gasteiger partial charge on any atom is 0.114 e. The largest absolute Gasteiger partial charge is 0.383 e. The minimum absolute atomic E-state index is 0.504. The fourth-order valence-corrected chi connectivity index (χ4v) is 2.95. The average molecular weight is 259 g/mol. The van der Waals surface area contributed by atoms with E-state index < -0.39 is 0 Å². The van der Waals surface area contributed by atoms with Gasteiger partial charge in [0.15, 0.2) is 0 Å². The van der Waals surface area contributed by atoms with E-state index in [-0.39, 0.29) is 0 Å². The van der Waals surface area contributed by atoms with Gasteiger partial charge in [0.2, 0.25) is 0 Å². The second kappa shape index (κ2) is 5.31. The number of nitrogens with zero attached hydrogens (tertiary/aromatic N) is 2. The average Bonchev–Trinajstić information content (AvgIpc) is 2.99. The van der Waals surface area contributed by atoms with Gasteiger partial charge in [0.25, 0.3) is 0 Å². The molecule has 0 spiro atoms. The summed E-state index contributed by atoms with van der Waals surface area (Å²) in [6.45, 7) is 6.00. The van der Waals surface area contributed by atoms with Gasteiger partial charge in [0, 0.05) is 26.1 Å². The quantitative estimate of drug-likeness (QED) is 0.913. The summed E-state index contributed by atoms with van der Waals surface area (Å²) in [5, 5.41) is 3.46. The smallest absolute Gasteiger partial charge is 0.114 e. The van der Waals surface area contributed by atoms with Crippen molar-refractivity contribution >= 4 is 11.0 Å². The molecule has 1 aromatic carbocycles. The zero-order valence-corrected chi connectivity index (χ0v) is 11.6. The maximum atomic E-state index is 5.24. The van der Waals surface area contributed by atoms with E-state index in [4.69, 9.17) is 9.72 Å². The predicted molar refractivity (Wildman–Crippen MR) is 76.4 cm³/mol. The highest BCUT2D eigenvalue weighted by Gasteiger charge is 2.29. The van der Waals surface area contributed by atoms with Crippen LogP contribution in [-0.2, 0) is 11.3 Å². The lowest BCUT2D eigenvalue weighted by Gasteiger charge is -2.16. The zero-order valence-electron chi connectivity index (χ0n) is 11.6. The molecule has 19 heavy (non-hydrogen) atoms. The van der Waals surface area contributed by atoms with Gasteiger partial charge in [-0.05, 0) is 24.6 Å². The first kappa shape index (κ1) is 12.6. The summed E-state index contributed by atoms with van der Waals surface area (Å²) in [5.74, 6) is 2.35. The Morgan fingerprint density at radius 1 is 1.37 bits per heavy atom. The van der Waals surface area contributed by atoms with Crippen LogP contribution < -0.4 is 5.32 Å². The van der Waals surface area contributed by atoms with Crippen LogP contribution in [0.2, 0.25) is 0 Å². The molecule has 4 nitrogen and oxygen atoms in total. The SMILES string of the molecule is COCCn1c([C@@H]2CNC[C@H]2C)nc2ccccc21. The first-order valence-corrected chi connectivity index (χ1v) is 6.96. The highest BCUT2D eigenvalue weighted by Crippen LogP contribution is 2.29. The standard InChI is InChI=1S/C15H21N3O/c1-11-9-16-10-12(11)15-17-13-5-3-4-6-14(13)18(15)7-8-19-2/h3-6,11-12,16H,7-10H2,1-2H3/t11-,12-/m1/s1. The number of ether oxygens (including phenoxy) is 1. The van der Waals surface area contributed by atoms with Gasteiger partial charge in [0.05, 0.1) is 17.6 Å². The van der Waals surface area contributed by atoms with Crippen molar-refractivity contribution in [2.45, 2.75) is 19.4 Å². The number of para-hydroxylation sites is 2. The van der Waals surface area contributed by atoms with E-state index in [0.717, 1.165) is 31.8 Å². The Morgan fingerprint density at radius 3 is 2.95 bits per heavy atom. The molecule has 0 saturated carbocycles. The van der Waals surface area contributed by atoms with Crippen molar-refractivity contribution in [1.82, 2.24) is 14.9 Å². The Bertz CT molecular complexity index is 564. The van der Waals surface area contributed by atoms with Crippen molar-refractivity contribution in [2.75, 3.05) is 26.8 Å². The third kappa shape index (κ3) is 2.26. The van der Waals surface area contributed by atoms with E-state index in [9.17, 15) is 0 Å². The number of hydrogen-bond acceptors (Lipinski definition) is 3. The molecular formula is C15H21N3O. The summed E-state index contributed by atoms with van der Waals surface area (Å²) in [5.41, 5.74) is 2.31. The molecule has 0 aliphatic carbocycles. The van der Waals surface area contributed by atoms with Crippen molar-refractivity contribution < 1.29 is 4.74 Å². The molecule has 1 fully saturated rings. The second-order valence-electron chi connectivity index (χ2n) is 5.35. The summed E-state index contributed by atoms with van der Waals surface area (Å²) in [6.07, 6.45) is 0. The summed E-state index contributed by atoms with van der Waals surface area (Å²) in [7, 11) is 1.75. The number of benzene rings is 1. The maximum absolute atomic E-state index is 5.24. The number of nitrogens with one attached hydrogen (secondary N) is 1. The number of rotatable bonds is 4. The Morgan fingerprint density at radius 2 is 2.21 bits per heavy atom. The summed E-state index contributed by atoms with van der Waals surface area (Å²) < 4.78 is 7.57. The van der Waals surface area contributed by atoms with Crippen LogP contribution in [0.4, 0.5) is 0 Å². The minimum atomic E-state index is 0.504. The monoisotopic (exact) mass is 259 g/mol. The molecule has 0 bridgehead atoms. The van der Waals surface area contributed by atoms with Gasteiger partial charge in [-0.1, -0.05) is 19.1 Å². The highest BCUT2D eigenvalue weighted by atomic mass is 16.5. The molecule has 1 aromatic heterocycles. The molecule has 1 N–H and O–H groups in total. The topological polar surface area (TPSA) is 39.1 Å². The predicted octanol–water partition coefficient (Wildman–Crippen LogP) is 2.01. The lowest BCUT2D eigenvalue weighted by atomic mass is 9.97. The first-order valence-electron chi connectivity index (χ1n) is 6.96. The van der Waals surface area contributed by atoms with E-state index in [1.807, 2.05) is 0 Å². The van der Waals surface area contributed by atoms with Crippen molar-refractivity contribution in [1.29, 1.82) is 0 Å².